The first-order valence-electron chi connectivity index (χ1n) is 12.7. The maximum Gasteiger partial charge on any atom is 0.253 e. The molecule has 1 fully saturated rings. The molecule has 0 radical (unpaired) electrons. The minimum atomic E-state index is -0.771. The molecular formula is C30H29FN4O3. The summed E-state index contributed by atoms with van der Waals surface area (Å²) in [7, 11) is 0. The third-order valence-electron chi connectivity index (χ3n) is 7.30. The summed E-state index contributed by atoms with van der Waals surface area (Å²) in [5, 5.41) is 7.06. The van der Waals surface area contributed by atoms with Crippen LogP contribution in [0.3, 0.4) is 0 Å². The van der Waals surface area contributed by atoms with Gasteiger partial charge in [-0.15, -0.1) is 0 Å². The number of piperidine rings is 1. The van der Waals surface area contributed by atoms with E-state index in [0.29, 0.717) is 43.2 Å². The van der Waals surface area contributed by atoms with Crippen LogP contribution in [0, 0.1) is 12.7 Å². The van der Waals surface area contributed by atoms with E-state index in [0.717, 1.165) is 16.7 Å². The van der Waals surface area contributed by atoms with Crippen LogP contribution in [0.1, 0.15) is 53.2 Å². The van der Waals surface area contributed by atoms with E-state index in [-0.39, 0.29) is 23.7 Å². The van der Waals surface area contributed by atoms with Crippen molar-refractivity contribution in [3.63, 3.8) is 0 Å². The predicted molar refractivity (Wildman–Crippen MR) is 141 cm³/mol. The normalized spacial score (nSPS) is 15.6. The van der Waals surface area contributed by atoms with Crippen molar-refractivity contribution in [2.75, 3.05) is 13.1 Å². The summed E-state index contributed by atoms with van der Waals surface area (Å²) in [6, 6.07) is 22.7. The number of likely N-dealkylation sites (tertiary alicyclic amines) is 1. The molecular weight excluding hydrogens is 483 g/mol. The van der Waals surface area contributed by atoms with Gasteiger partial charge in [-0.25, -0.2) is 4.39 Å². The van der Waals surface area contributed by atoms with E-state index in [4.69, 9.17) is 4.52 Å². The minimum absolute atomic E-state index is 0.0809. The monoisotopic (exact) mass is 512 g/mol. The topological polar surface area (TPSA) is 88.3 Å². The number of carbonyl (C=O) groups excluding carboxylic acids is 2. The Morgan fingerprint density at radius 1 is 0.974 bits per heavy atom. The van der Waals surface area contributed by atoms with E-state index in [1.54, 1.807) is 48.2 Å². The van der Waals surface area contributed by atoms with Crippen LogP contribution in [-0.4, -0.2) is 39.9 Å². The number of rotatable bonds is 6. The van der Waals surface area contributed by atoms with Crippen LogP contribution in [0.15, 0.2) is 83.4 Å². The summed E-state index contributed by atoms with van der Waals surface area (Å²) >= 11 is 0. The molecule has 2 heterocycles. The van der Waals surface area contributed by atoms with E-state index >= 15 is 0 Å². The van der Waals surface area contributed by atoms with Crippen molar-refractivity contribution in [2.45, 2.75) is 38.1 Å². The van der Waals surface area contributed by atoms with E-state index in [1.807, 2.05) is 37.3 Å². The zero-order valence-corrected chi connectivity index (χ0v) is 21.4. The highest BCUT2D eigenvalue weighted by Crippen LogP contribution is 2.37. The van der Waals surface area contributed by atoms with Crippen molar-refractivity contribution in [3.8, 4) is 11.4 Å². The number of nitrogens with one attached hydrogen (secondary N) is 1. The first kappa shape index (κ1) is 25.3. The van der Waals surface area contributed by atoms with Gasteiger partial charge in [0.05, 0.1) is 11.5 Å². The second-order valence-electron chi connectivity index (χ2n) is 9.70. The molecule has 1 N–H and O–H groups in total. The minimum Gasteiger partial charge on any atom is -0.349 e. The molecule has 8 heteroatoms. The molecule has 1 saturated heterocycles. The van der Waals surface area contributed by atoms with Gasteiger partial charge in [0, 0.05) is 31.1 Å². The van der Waals surface area contributed by atoms with Gasteiger partial charge in [0.2, 0.25) is 17.6 Å². The van der Waals surface area contributed by atoms with E-state index in [1.165, 1.54) is 12.1 Å². The third kappa shape index (κ3) is 5.07. The Morgan fingerprint density at radius 3 is 2.24 bits per heavy atom. The SMILES string of the molecule is Cc1nc(-c2ccc(C(=O)N3CCC(C(=O)N[C@@H](C)c4ccc(F)cc4)(c4ccccc4)CC3)cc2)no1. The number of hydrogen-bond donors (Lipinski definition) is 1. The molecule has 0 spiro atoms. The van der Waals surface area contributed by atoms with E-state index < -0.39 is 5.41 Å². The lowest BCUT2D eigenvalue weighted by atomic mass is 9.71. The molecule has 5 rings (SSSR count). The highest BCUT2D eigenvalue weighted by atomic mass is 19.1. The maximum atomic E-state index is 13.8. The van der Waals surface area contributed by atoms with Gasteiger partial charge in [-0.05, 0) is 55.2 Å². The van der Waals surface area contributed by atoms with Crippen LogP contribution in [-0.2, 0) is 10.2 Å². The summed E-state index contributed by atoms with van der Waals surface area (Å²) in [5.74, 6) is 0.471. The average molecular weight is 513 g/mol. The highest BCUT2D eigenvalue weighted by molar-refractivity contribution is 5.95. The fourth-order valence-electron chi connectivity index (χ4n) is 5.03. The lowest BCUT2D eigenvalue weighted by Gasteiger charge is -2.41. The maximum absolute atomic E-state index is 13.8. The Kier molecular flexibility index (Phi) is 7.05. The molecule has 38 heavy (non-hydrogen) atoms. The summed E-state index contributed by atoms with van der Waals surface area (Å²) in [4.78, 5) is 33.1. The van der Waals surface area contributed by atoms with Crippen molar-refractivity contribution in [1.82, 2.24) is 20.4 Å². The predicted octanol–water partition coefficient (Wildman–Crippen LogP) is 5.24. The van der Waals surface area contributed by atoms with Crippen LogP contribution in [0.4, 0.5) is 4.39 Å². The molecule has 1 aromatic heterocycles. The summed E-state index contributed by atoms with van der Waals surface area (Å²) < 4.78 is 18.4. The molecule has 0 aliphatic carbocycles. The number of aryl methyl sites for hydroxylation is 1. The molecule has 194 valence electrons. The first-order valence-corrected chi connectivity index (χ1v) is 12.7. The highest BCUT2D eigenvalue weighted by Gasteiger charge is 2.44. The van der Waals surface area contributed by atoms with Crippen molar-refractivity contribution in [3.05, 3.63) is 107 Å². The van der Waals surface area contributed by atoms with Gasteiger partial charge in [0.25, 0.3) is 5.91 Å². The quantitative estimate of drug-likeness (QED) is 0.382. The smallest absolute Gasteiger partial charge is 0.253 e. The Labute approximate surface area is 220 Å². The summed E-state index contributed by atoms with van der Waals surface area (Å²) in [5.41, 5.74) is 2.32. The van der Waals surface area contributed by atoms with Crippen LogP contribution in [0.2, 0.25) is 0 Å². The summed E-state index contributed by atoms with van der Waals surface area (Å²) in [6.07, 6.45) is 0.982. The van der Waals surface area contributed by atoms with Crippen LogP contribution in [0.5, 0.6) is 0 Å². The molecule has 1 atom stereocenters. The van der Waals surface area contributed by atoms with Gasteiger partial charge in [-0.2, -0.15) is 4.98 Å². The average Bonchev–Trinajstić information content (AvgIpc) is 3.39. The lowest BCUT2D eigenvalue weighted by Crippen LogP contribution is -2.53. The molecule has 1 aliphatic heterocycles. The van der Waals surface area contributed by atoms with Crippen LogP contribution >= 0.6 is 0 Å². The van der Waals surface area contributed by atoms with Crippen molar-refractivity contribution in [1.29, 1.82) is 0 Å². The van der Waals surface area contributed by atoms with Gasteiger partial charge >= 0.3 is 0 Å². The Morgan fingerprint density at radius 2 is 1.63 bits per heavy atom. The van der Waals surface area contributed by atoms with Gasteiger partial charge < -0.3 is 14.7 Å². The number of halogens is 1. The second kappa shape index (κ2) is 10.6. The van der Waals surface area contributed by atoms with Crippen LogP contribution < -0.4 is 5.32 Å². The molecule has 0 saturated carbocycles. The Bertz CT molecular complexity index is 1410. The molecule has 1 aliphatic rings. The molecule has 2 amide bonds. The Hall–Kier alpha value is -4.33. The van der Waals surface area contributed by atoms with E-state index in [2.05, 4.69) is 15.5 Å². The molecule has 0 unspecified atom stereocenters. The standard InChI is InChI=1S/C30H29FN4O3/c1-20(22-12-14-26(31)15-13-22)32-29(37)30(25-6-4-3-5-7-25)16-18-35(19-17-30)28(36)24-10-8-23(9-11-24)27-33-21(2)38-34-27/h3-15,20H,16-19H2,1-2H3,(H,32,37)/t20-/m0/s1. The van der Waals surface area contributed by atoms with Crippen molar-refractivity contribution in [2.24, 2.45) is 0 Å². The number of aromatic nitrogens is 2. The Balaban J connectivity index is 1.31. The van der Waals surface area contributed by atoms with Gasteiger partial charge in [-0.3, -0.25) is 9.59 Å². The van der Waals surface area contributed by atoms with Gasteiger partial charge in [0.15, 0.2) is 0 Å². The number of nitrogens with zero attached hydrogens (tertiary/aromatic N) is 3. The largest absolute Gasteiger partial charge is 0.349 e. The fraction of sp³-hybridized carbons (Fsp3) is 0.267. The zero-order valence-electron chi connectivity index (χ0n) is 21.4. The number of benzene rings is 3. The summed E-state index contributed by atoms with van der Waals surface area (Å²) in [6.45, 7) is 4.50. The fourth-order valence-corrected chi connectivity index (χ4v) is 5.03. The zero-order chi connectivity index (χ0) is 26.7. The van der Waals surface area contributed by atoms with Gasteiger partial charge in [-0.1, -0.05) is 59.8 Å². The number of carbonyl (C=O) groups is 2. The molecule has 7 nitrogen and oxygen atoms in total. The lowest BCUT2D eigenvalue weighted by molar-refractivity contribution is -0.129. The molecule has 0 bridgehead atoms. The van der Waals surface area contributed by atoms with Crippen LogP contribution in [0.25, 0.3) is 11.4 Å². The van der Waals surface area contributed by atoms with E-state index in [9.17, 15) is 14.0 Å². The first-order chi connectivity index (χ1) is 18.4. The number of amides is 2. The number of hydrogen-bond acceptors (Lipinski definition) is 5. The third-order valence-corrected chi connectivity index (χ3v) is 7.30. The van der Waals surface area contributed by atoms with Gasteiger partial charge in [0.1, 0.15) is 5.82 Å². The second-order valence-corrected chi connectivity index (χ2v) is 9.70. The molecule has 4 aromatic rings. The molecule has 3 aromatic carbocycles. The van der Waals surface area contributed by atoms with Crippen molar-refractivity contribution >= 4 is 11.8 Å². The van der Waals surface area contributed by atoms with Crippen molar-refractivity contribution < 1.29 is 18.5 Å².